The Kier molecular flexibility index (Phi) is 2.34. The molecule has 0 spiro atoms. The molecule has 4 heteroatoms. The zero-order valence-corrected chi connectivity index (χ0v) is 8.88. The van der Waals surface area contributed by atoms with Gasteiger partial charge in [0.1, 0.15) is 0 Å². The Bertz CT molecular complexity index is 450. The lowest BCUT2D eigenvalue weighted by molar-refractivity contribution is 0.537. The summed E-state index contributed by atoms with van der Waals surface area (Å²) in [7, 11) is 0. The molecule has 1 heterocycles. The van der Waals surface area contributed by atoms with Crippen LogP contribution < -0.4 is 0 Å². The van der Waals surface area contributed by atoms with Crippen molar-refractivity contribution in [3.63, 3.8) is 0 Å². The van der Waals surface area contributed by atoms with Gasteiger partial charge in [0, 0.05) is 15.4 Å². The Morgan fingerprint density at radius 3 is 2.77 bits per heavy atom. The quantitative estimate of drug-likeness (QED) is 0.680. The molecule has 1 aromatic heterocycles. The van der Waals surface area contributed by atoms with Gasteiger partial charge in [0.25, 0.3) is 0 Å². The van der Waals surface area contributed by atoms with Crippen molar-refractivity contribution in [1.82, 2.24) is 0 Å². The second kappa shape index (κ2) is 3.35. The molecule has 0 radical (unpaired) electrons. The molecule has 0 unspecified atom stereocenters. The highest BCUT2D eigenvalue weighted by molar-refractivity contribution is 9.08. The van der Waals surface area contributed by atoms with Crippen LogP contribution in [-0.4, -0.2) is 0 Å². The first-order valence-corrected chi connectivity index (χ1v) is 5.59. The van der Waals surface area contributed by atoms with E-state index in [2.05, 4.69) is 15.9 Å². The van der Waals surface area contributed by atoms with Gasteiger partial charge in [-0.25, -0.2) is 4.39 Å². The molecular weight excluding hydrogens is 258 g/mol. The molecule has 0 nitrogen and oxygen atoms in total. The Morgan fingerprint density at radius 1 is 1.31 bits per heavy atom. The van der Waals surface area contributed by atoms with E-state index in [0.29, 0.717) is 15.4 Å². The van der Waals surface area contributed by atoms with E-state index < -0.39 is 10.9 Å². The highest BCUT2D eigenvalue weighted by Crippen LogP contribution is 2.31. The van der Waals surface area contributed by atoms with Gasteiger partial charge in [-0.3, -0.25) is 0 Å². The van der Waals surface area contributed by atoms with Gasteiger partial charge >= 0.3 is 0 Å². The van der Waals surface area contributed by atoms with Crippen LogP contribution in [0.25, 0.3) is 10.1 Å². The van der Waals surface area contributed by atoms with E-state index in [4.69, 9.17) is 0 Å². The molecule has 0 aliphatic carbocycles. The fourth-order valence-electron chi connectivity index (χ4n) is 1.26. The lowest BCUT2D eigenvalue weighted by Crippen LogP contribution is -1.81. The zero-order valence-electron chi connectivity index (χ0n) is 6.48. The molecule has 0 atom stereocenters. The van der Waals surface area contributed by atoms with Crippen LogP contribution in [-0.2, 0) is 5.33 Å². The lowest BCUT2D eigenvalue weighted by Gasteiger charge is -1.96. The van der Waals surface area contributed by atoms with Gasteiger partial charge in [-0.1, -0.05) is 28.1 Å². The van der Waals surface area contributed by atoms with Crippen LogP contribution in [0.1, 0.15) is 5.56 Å². The summed E-state index contributed by atoms with van der Waals surface area (Å²) in [5.41, 5.74) is 0.787. The van der Waals surface area contributed by atoms with Crippen molar-refractivity contribution in [2.75, 3.05) is 0 Å². The number of hydrogen-bond donors (Lipinski definition) is 0. The topological polar surface area (TPSA) is 0 Å². The lowest BCUT2D eigenvalue weighted by atomic mass is 10.1. The molecule has 1 aromatic carbocycles. The summed E-state index contributed by atoms with van der Waals surface area (Å²) in [6.45, 7) is 0. The summed E-state index contributed by atoms with van der Waals surface area (Å²) in [5.74, 6) is -0.727. The van der Waals surface area contributed by atoms with Gasteiger partial charge in [-0.15, -0.1) is 11.3 Å². The van der Waals surface area contributed by atoms with Gasteiger partial charge in [0.2, 0.25) is 5.13 Å². The van der Waals surface area contributed by atoms with E-state index in [1.54, 1.807) is 18.2 Å². The Balaban J connectivity index is 2.87. The van der Waals surface area contributed by atoms with Gasteiger partial charge in [-0.2, -0.15) is 4.39 Å². The smallest absolute Gasteiger partial charge is 0.202 e. The van der Waals surface area contributed by atoms with Crippen LogP contribution in [0.5, 0.6) is 0 Å². The van der Waals surface area contributed by atoms with Gasteiger partial charge < -0.3 is 0 Å². The number of fused-ring (bicyclic) bond motifs is 1. The predicted octanol–water partition coefficient (Wildman–Crippen LogP) is 4.07. The van der Waals surface area contributed by atoms with E-state index >= 15 is 0 Å². The van der Waals surface area contributed by atoms with Crippen LogP contribution in [0.3, 0.4) is 0 Å². The fourth-order valence-corrected chi connectivity index (χ4v) is 2.58. The molecule has 0 aliphatic heterocycles. The monoisotopic (exact) mass is 262 g/mol. The number of halogens is 3. The molecule has 0 fully saturated rings. The first-order chi connectivity index (χ1) is 6.24. The first kappa shape index (κ1) is 9.09. The summed E-state index contributed by atoms with van der Waals surface area (Å²) < 4.78 is 26.8. The minimum atomic E-state index is -0.733. The fraction of sp³-hybridized carbons (Fsp3) is 0.111. The summed E-state index contributed by atoms with van der Waals surface area (Å²) in [6, 6.07) is 5.30. The molecule has 0 saturated carbocycles. The minimum absolute atomic E-state index is 0.405. The third-order valence-electron chi connectivity index (χ3n) is 1.85. The third kappa shape index (κ3) is 1.38. The molecule has 2 rings (SSSR count). The summed E-state index contributed by atoms with van der Waals surface area (Å²) >= 11 is 4.08. The molecule has 0 bridgehead atoms. The molecule has 0 N–H and O–H groups in total. The van der Waals surface area contributed by atoms with Crippen LogP contribution in [0.15, 0.2) is 18.2 Å². The van der Waals surface area contributed by atoms with E-state index in [1.165, 1.54) is 0 Å². The number of hydrogen-bond acceptors (Lipinski definition) is 1. The molecule has 2 aromatic rings. The van der Waals surface area contributed by atoms with Crippen molar-refractivity contribution in [2.45, 2.75) is 5.33 Å². The summed E-state index contributed by atoms with van der Waals surface area (Å²) in [5, 5.41) is 0.211. The van der Waals surface area contributed by atoms with E-state index in [-0.39, 0.29) is 0 Å². The van der Waals surface area contributed by atoms with Crippen LogP contribution in [0.2, 0.25) is 0 Å². The maximum Gasteiger partial charge on any atom is 0.213 e. The average molecular weight is 263 g/mol. The zero-order chi connectivity index (χ0) is 9.42. The Morgan fingerprint density at radius 2 is 2.08 bits per heavy atom. The largest absolute Gasteiger partial charge is 0.213 e. The molecule has 13 heavy (non-hydrogen) atoms. The van der Waals surface area contributed by atoms with Gasteiger partial charge in [-0.05, 0) is 11.6 Å². The van der Waals surface area contributed by atoms with Crippen molar-refractivity contribution in [2.24, 2.45) is 0 Å². The maximum atomic E-state index is 13.2. The SMILES string of the molecule is Fc1sc2cccc(CBr)c2c1F. The third-order valence-corrected chi connectivity index (χ3v) is 3.37. The van der Waals surface area contributed by atoms with E-state index in [9.17, 15) is 8.78 Å². The van der Waals surface area contributed by atoms with E-state index in [1.807, 2.05) is 0 Å². The van der Waals surface area contributed by atoms with Crippen molar-refractivity contribution >= 4 is 37.4 Å². The molecule has 68 valence electrons. The second-order valence-corrected chi connectivity index (χ2v) is 4.18. The van der Waals surface area contributed by atoms with Crippen LogP contribution in [0, 0.1) is 10.9 Å². The predicted molar refractivity (Wildman–Crippen MR) is 54.4 cm³/mol. The molecule has 0 aliphatic rings. The average Bonchev–Trinajstić information content (AvgIpc) is 2.43. The number of benzene rings is 1. The Labute approximate surface area is 86.3 Å². The summed E-state index contributed by atoms with van der Waals surface area (Å²) in [6.07, 6.45) is 0. The normalized spacial score (nSPS) is 11.0. The van der Waals surface area contributed by atoms with Gasteiger partial charge in [0.15, 0.2) is 5.82 Å². The van der Waals surface area contributed by atoms with E-state index in [0.717, 1.165) is 16.9 Å². The van der Waals surface area contributed by atoms with Crippen LogP contribution in [0.4, 0.5) is 8.78 Å². The first-order valence-electron chi connectivity index (χ1n) is 3.65. The molecule has 0 amide bonds. The minimum Gasteiger partial charge on any atom is -0.202 e. The standard InChI is InChI=1S/C9H5BrF2S/c10-4-5-2-1-3-6-7(5)8(11)9(12)13-6/h1-3H,4H2. The summed E-state index contributed by atoms with van der Waals surface area (Å²) in [4.78, 5) is 0. The van der Waals surface area contributed by atoms with Crippen LogP contribution >= 0.6 is 27.3 Å². The maximum absolute atomic E-state index is 13.2. The highest BCUT2D eigenvalue weighted by Gasteiger charge is 2.13. The van der Waals surface area contributed by atoms with Crippen molar-refractivity contribution < 1.29 is 8.78 Å². The highest BCUT2D eigenvalue weighted by atomic mass is 79.9. The van der Waals surface area contributed by atoms with Crippen molar-refractivity contribution in [3.8, 4) is 0 Å². The Hall–Kier alpha value is -0.480. The second-order valence-electron chi connectivity index (χ2n) is 2.61. The molecular formula is C9H5BrF2S. The van der Waals surface area contributed by atoms with Gasteiger partial charge in [0.05, 0.1) is 0 Å². The number of rotatable bonds is 1. The number of thiophene rings is 1. The molecule has 0 saturated heterocycles. The van der Waals surface area contributed by atoms with Crippen molar-refractivity contribution in [1.29, 1.82) is 0 Å². The number of alkyl halides is 1. The van der Waals surface area contributed by atoms with Crippen molar-refractivity contribution in [3.05, 3.63) is 34.7 Å².